The van der Waals surface area contributed by atoms with Crippen LogP contribution in [0.1, 0.15) is 29.3 Å². The van der Waals surface area contributed by atoms with Crippen LogP contribution in [0.15, 0.2) is 24.3 Å². The monoisotopic (exact) mass is 208 g/mol. The molecule has 0 aliphatic carbocycles. The van der Waals surface area contributed by atoms with Crippen LogP contribution >= 0.6 is 0 Å². The lowest BCUT2D eigenvalue weighted by molar-refractivity contribution is 0.0978. The number of ketones is 1. The van der Waals surface area contributed by atoms with Crippen molar-refractivity contribution in [2.24, 2.45) is 0 Å². The van der Waals surface area contributed by atoms with Crippen molar-refractivity contribution in [3.8, 4) is 0 Å². The Morgan fingerprint density at radius 3 is 2.80 bits per heavy atom. The third kappa shape index (κ3) is 1.79. The number of ether oxygens (including phenoxy) is 1. The minimum Gasteiger partial charge on any atom is -0.378 e. The first-order chi connectivity index (χ1) is 7.13. The zero-order valence-electron chi connectivity index (χ0n) is 8.63. The summed E-state index contributed by atoms with van der Waals surface area (Å²) in [6.07, 6.45) is 0.331. The SMILES string of the molecule is CC(=O)c1ccccc1C1(F)CCOC1. The van der Waals surface area contributed by atoms with Gasteiger partial charge in [-0.1, -0.05) is 24.3 Å². The molecule has 1 aromatic rings. The first kappa shape index (κ1) is 10.3. The van der Waals surface area contributed by atoms with Crippen molar-refractivity contribution in [3.05, 3.63) is 35.4 Å². The third-order valence-electron chi connectivity index (χ3n) is 2.76. The Morgan fingerprint density at radius 2 is 2.20 bits per heavy atom. The van der Waals surface area contributed by atoms with E-state index in [0.717, 1.165) is 0 Å². The molecule has 3 heteroatoms. The van der Waals surface area contributed by atoms with Crippen molar-refractivity contribution in [1.82, 2.24) is 0 Å². The molecule has 1 heterocycles. The predicted molar refractivity (Wildman–Crippen MR) is 54.7 cm³/mol. The highest BCUT2D eigenvalue weighted by Crippen LogP contribution is 2.36. The quantitative estimate of drug-likeness (QED) is 0.698. The largest absolute Gasteiger partial charge is 0.378 e. The Kier molecular flexibility index (Phi) is 2.57. The van der Waals surface area contributed by atoms with Gasteiger partial charge in [-0.3, -0.25) is 4.79 Å². The molecule has 0 N–H and O–H groups in total. The zero-order chi connectivity index (χ0) is 10.9. The van der Waals surface area contributed by atoms with E-state index in [1.165, 1.54) is 6.92 Å². The smallest absolute Gasteiger partial charge is 0.162 e. The summed E-state index contributed by atoms with van der Waals surface area (Å²) in [4.78, 5) is 11.4. The first-order valence-corrected chi connectivity index (χ1v) is 5.00. The number of halogens is 1. The van der Waals surface area contributed by atoms with Gasteiger partial charge < -0.3 is 4.74 Å². The van der Waals surface area contributed by atoms with E-state index in [4.69, 9.17) is 4.74 Å². The van der Waals surface area contributed by atoms with Crippen molar-refractivity contribution in [3.63, 3.8) is 0 Å². The van der Waals surface area contributed by atoms with Gasteiger partial charge in [-0.05, 0) is 6.92 Å². The van der Waals surface area contributed by atoms with Gasteiger partial charge in [0.2, 0.25) is 0 Å². The maximum Gasteiger partial charge on any atom is 0.162 e. The van der Waals surface area contributed by atoms with Gasteiger partial charge >= 0.3 is 0 Å². The van der Waals surface area contributed by atoms with Crippen molar-refractivity contribution in [1.29, 1.82) is 0 Å². The second-order valence-electron chi connectivity index (χ2n) is 3.87. The van der Waals surface area contributed by atoms with Crippen LogP contribution in [0.3, 0.4) is 0 Å². The number of hydrogen-bond acceptors (Lipinski definition) is 2. The molecule has 0 amide bonds. The lowest BCUT2D eigenvalue weighted by Crippen LogP contribution is -2.22. The number of Topliss-reactive ketones (excluding diaryl/α,β-unsaturated/α-hetero) is 1. The van der Waals surface area contributed by atoms with Crippen LogP contribution in [0.2, 0.25) is 0 Å². The molecule has 1 unspecified atom stereocenters. The molecule has 1 atom stereocenters. The number of benzene rings is 1. The van der Waals surface area contributed by atoms with Gasteiger partial charge in [0.25, 0.3) is 0 Å². The van der Waals surface area contributed by atoms with Crippen LogP contribution in [0.25, 0.3) is 0 Å². The van der Waals surface area contributed by atoms with Gasteiger partial charge in [0.1, 0.15) is 0 Å². The Bertz CT molecular complexity index is 381. The lowest BCUT2D eigenvalue weighted by Gasteiger charge is -2.20. The van der Waals surface area contributed by atoms with Crippen LogP contribution < -0.4 is 0 Å². The van der Waals surface area contributed by atoms with Gasteiger partial charge in [-0.25, -0.2) is 4.39 Å². The third-order valence-corrected chi connectivity index (χ3v) is 2.76. The topological polar surface area (TPSA) is 26.3 Å². The summed E-state index contributed by atoms with van der Waals surface area (Å²) in [7, 11) is 0. The van der Waals surface area contributed by atoms with Crippen molar-refractivity contribution in [2.75, 3.05) is 13.2 Å². The van der Waals surface area contributed by atoms with Crippen LogP contribution in [0.4, 0.5) is 4.39 Å². The summed E-state index contributed by atoms with van der Waals surface area (Å²) in [6, 6.07) is 6.84. The van der Waals surface area contributed by atoms with Gasteiger partial charge in [-0.15, -0.1) is 0 Å². The normalized spacial score (nSPS) is 25.5. The zero-order valence-corrected chi connectivity index (χ0v) is 8.63. The Morgan fingerprint density at radius 1 is 1.47 bits per heavy atom. The van der Waals surface area contributed by atoms with Gasteiger partial charge in [0, 0.05) is 17.5 Å². The molecule has 1 saturated heterocycles. The Balaban J connectivity index is 2.47. The molecule has 0 bridgehead atoms. The van der Waals surface area contributed by atoms with E-state index >= 15 is 0 Å². The molecular weight excluding hydrogens is 195 g/mol. The van der Waals surface area contributed by atoms with Crippen LogP contribution in [-0.4, -0.2) is 19.0 Å². The Labute approximate surface area is 88.1 Å². The fourth-order valence-electron chi connectivity index (χ4n) is 1.93. The van der Waals surface area contributed by atoms with E-state index in [9.17, 15) is 9.18 Å². The van der Waals surface area contributed by atoms with E-state index in [2.05, 4.69) is 0 Å². The number of carbonyl (C=O) groups is 1. The average Bonchev–Trinajstić information content (AvgIpc) is 2.66. The number of carbonyl (C=O) groups excluding carboxylic acids is 1. The highest BCUT2D eigenvalue weighted by molar-refractivity contribution is 5.95. The second-order valence-corrected chi connectivity index (χ2v) is 3.87. The summed E-state index contributed by atoms with van der Waals surface area (Å²) >= 11 is 0. The van der Waals surface area contributed by atoms with Crippen LogP contribution in [0.5, 0.6) is 0 Å². The van der Waals surface area contributed by atoms with Crippen LogP contribution in [-0.2, 0) is 10.4 Å². The predicted octanol–water partition coefficient (Wildman–Crippen LogP) is 2.47. The van der Waals surface area contributed by atoms with E-state index < -0.39 is 5.67 Å². The summed E-state index contributed by atoms with van der Waals surface area (Å²) < 4.78 is 19.5. The fourth-order valence-corrected chi connectivity index (χ4v) is 1.93. The molecular formula is C12H13FO2. The highest BCUT2D eigenvalue weighted by Gasteiger charge is 2.38. The van der Waals surface area contributed by atoms with Gasteiger partial charge in [0.05, 0.1) is 13.2 Å². The molecule has 1 aromatic carbocycles. The van der Waals surface area contributed by atoms with Gasteiger partial charge in [-0.2, -0.15) is 0 Å². The number of alkyl halides is 1. The summed E-state index contributed by atoms with van der Waals surface area (Å²) in [5, 5.41) is 0. The van der Waals surface area contributed by atoms with Crippen LogP contribution in [0, 0.1) is 0 Å². The van der Waals surface area contributed by atoms with E-state index in [0.29, 0.717) is 24.2 Å². The highest BCUT2D eigenvalue weighted by atomic mass is 19.1. The average molecular weight is 208 g/mol. The van der Waals surface area contributed by atoms with E-state index in [1.807, 2.05) is 0 Å². The van der Waals surface area contributed by atoms with Gasteiger partial charge in [0.15, 0.2) is 11.5 Å². The summed E-state index contributed by atoms with van der Waals surface area (Å²) in [5.74, 6) is -0.102. The van der Waals surface area contributed by atoms with E-state index in [1.54, 1.807) is 24.3 Å². The maximum atomic E-state index is 14.4. The summed E-state index contributed by atoms with van der Waals surface area (Å²) in [6.45, 7) is 1.93. The van der Waals surface area contributed by atoms with Crippen molar-refractivity contribution in [2.45, 2.75) is 19.0 Å². The molecule has 0 radical (unpaired) electrons. The summed E-state index contributed by atoms with van der Waals surface area (Å²) in [5.41, 5.74) is -0.553. The second kappa shape index (κ2) is 3.74. The maximum absolute atomic E-state index is 14.4. The minimum absolute atomic E-state index is 0.0529. The first-order valence-electron chi connectivity index (χ1n) is 5.00. The molecule has 2 nitrogen and oxygen atoms in total. The molecule has 0 aromatic heterocycles. The van der Waals surface area contributed by atoms with Crippen molar-refractivity contribution >= 4 is 5.78 Å². The molecule has 1 aliphatic heterocycles. The van der Waals surface area contributed by atoms with Crippen molar-refractivity contribution < 1.29 is 13.9 Å². The number of hydrogen-bond donors (Lipinski definition) is 0. The standard InChI is InChI=1S/C12H13FO2/c1-9(14)10-4-2-3-5-11(10)12(13)6-7-15-8-12/h2-5H,6-8H2,1H3. The lowest BCUT2D eigenvalue weighted by atomic mass is 9.89. The fraction of sp³-hybridized carbons (Fsp3) is 0.417. The molecule has 2 rings (SSSR count). The molecule has 15 heavy (non-hydrogen) atoms. The molecule has 0 spiro atoms. The Hall–Kier alpha value is -1.22. The van der Waals surface area contributed by atoms with E-state index in [-0.39, 0.29) is 12.4 Å². The number of rotatable bonds is 2. The molecule has 80 valence electrons. The minimum atomic E-state index is -1.48. The molecule has 0 saturated carbocycles. The molecule has 1 aliphatic rings. The molecule has 1 fully saturated rings.